The van der Waals surface area contributed by atoms with Gasteiger partial charge in [0.2, 0.25) is 6.86 Å². The molecule has 0 heterocycles. The number of aliphatic hydroxyl groups is 1. The van der Waals surface area contributed by atoms with Crippen molar-refractivity contribution in [3.63, 3.8) is 0 Å². The van der Waals surface area contributed by atoms with Gasteiger partial charge in [-0.3, -0.25) is 8.78 Å². The fraction of sp³-hybridized carbons (Fsp3) is 0.692. The molecular formula is C13H29F4O3-. The minimum Gasteiger partial charge on any atom is -0.870 e. The van der Waals surface area contributed by atoms with Gasteiger partial charge in [-0.05, 0) is 27.7 Å². The lowest BCUT2D eigenvalue weighted by Crippen LogP contribution is -1.69. The van der Waals surface area contributed by atoms with E-state index in [0.717, 1.165) is 6.26 Å². The van der Waals surface area contributed by atoms with Crippen LogP contribution < -0.4 is 0 Å². The minimum absolute atomic E-state index is 0. The Kier molecular flexibility index (Phi) is 234. The van der Waals surface area contributed by atoms with E-state index < -0.39 is 13.7 Å². The average molecular weight is 309 g/mol. The summed E-state index contributed by atoms with van der Waals surface area (Å²) in [6, 6.07) is 0. The third kappa shape index (κ3) is 1370. The quantitative estimate of drug-likeness (QED) is 0.466. The Balaban J connectivity index is -0.0000000210. The van der Waals surface area contributed by atoms with Crippen molar-refractivity contribution in [1.82, 2.24) is 0 Å². The molecule has 0 fully saturated rings. The lowest BCUT2D eigenvalue weighted by molar-refractivity contribution is 0.142. The highest BCUT2D eigenvalue weighted by Crippen LogP contribution is 1.68. The molecule has 0 bridgehead atoms. The van der Waals surface area contributed by atoms with Crippen molar-refractivity contribution >= 4 is 0 Å². The van der Waals surface area contributed by atoms with E-state index in [-0.39, 0.29) is 26.3 Å². The van der Waals surface area contributed by atoms with Crippen LogP contribution in [0.25, 0.3) is 0 Å². The molecule has 128 valence electrons. The smallest absolute Gasteiger partial charge is 0.227 e. The van der Waals surface area contributed by atoms with Crippen molar-refractivity contribution in [2.24, 2.45) is 0 Å². The largest absolute Gasteiger partial charge is 0.870 e. The van der Waals surface area contributed by atoms with E-state index in [9.17, 15) is 17.6 Å². The Morgan fingerprint density at radius 2 is 1.25 bits per heavy atom. The zero-order valence-electron chi connectivity index (χ0n) is 11.9. The first-order valence-electron chi connectivity index (χ1n) is 4.98. The lowest BCUT2D eigenvalue weighted by atomic mass is 10.7. The van der Waals surface area contributed by atoms with Gasteiger partial charge in [-0.2, -0.15) is 0 Å². The summed E-state index contributed by atoms with van der Waals surface area (Å²) in [6.07, 6.45) is 1.06. The second-order valence-corrected chi connectivity index (χ2v) is 1.60. The Bertz CT molecular complexity index is 138. The molecule has 20 heavy (non-hydrogen) atoms. The van der Waals surface area contributed by atoms with Crippen LogP contribution in [0.4, 0.5) is 17.6 Å². The molecule has 0 aliphatic carbocycles. The lowest BCUT2D eigenvalue weighted by Gasteiger charge is -1.81. The van der Waals surface area contributed by atoms with Gasteiger partial charge in [0, 0.05) is 0 Å². The molecule has 0 radical (unpaired) electrons. The fourth-order valence-corrected chi connectivity index (χ4v) is 0.0445. The van der Waals surface area contributed by atoms with E-state index in [1.165, 1.54) is 13.8 Å². The molecule has 0 aliphatic rings. The van der Waals surface area contributed by atoms with Crippen LogP contribution in [0.15, 0.2) is 12.8 Å². The van der Waals surface area contributed by atoms with Crippen LogP contribution in [-0.2, 0) is 4.74 Å². The zero-order chi connectivity index (χ0) is 15.7. The fourth-order valence-electron chi connectivity index (χ4n) is 0.0445. The van der Waals surface area contributed by atoms with Crippen LogP contribution in [0.2, 0.25) is 0 Å². The Hall–Kier alpha value is -1.26. The van der Waals surface area contributed by atoms with Gasteiger partial charge in [-0.15, -0.1) is 11.8 Å². The van der Waals surface area contributed by atoms with Crippen LogP contribution in [0.1, 0.15) is 35.1 Å². The van der Waals surface area contributed by atoms with Crippen molar-refractivity contribution in [2.75, 3.05) is 27.1 Å². The van der Waals surface area contributed by atoms with Crippen molar-refractivity contribution in [1.29, 1.82) is 0 Å². The van der Waals surface area contributed by atoms with E-state index in [1.807, 2.05) is 13.8 Å². The van der Waals surface area contributed by atoms with Gasteiger partial charge in [-0.1, -0.05) is 14.0 Å². The van der Waals surface area contributed by atoms with Gasteiger partial charge in [0.1, 0.15) is 0 Å². The van der Waals surface area contributed by atoms with E-state index in [2.05, 4.69) is 23.2 Å². The number of hydrogen-bond donors (Lipinski definition) is 1. The Morgan fingerprint density at radius 3 is 1.25 bits per heavy atom. The molecule has 0 rings (SSSR count). The number of alkyl halides is 4. The molecular weight excluding hydrogens is 280 g/mol. The number of ether oxygens (including phenoxy) is 1. The van der Waals surface area contributed by atoms with E-state index in [0.29, 0.717) is 0 Å². The summed E-state index contributed by atoms with van der Waals surface area (Å²) in [5.41, 5.74) is 0. The van der Waals surface area contributed by atoms with Gasteiger partial charge < -0.3 is 15.3 Å². The first kappa shape index (κ1) is 42.8. The van der Waals surface area contributed by atoms with Crippen molar-refractivity contribution in [3.8, 4) is 11.8 Å². The summed E-state index contributed by atoms with van der Waals surface area (Å²) in [4.78, 5) is 0. The monoisotopic (exact) mass is 309 g/mol. The topological polar surface area (TPSA) is 59.5 Å². The van der Waals surface area contributed by atoms with E-state index in [1.54, 1.807) is 0 Å². The number of hydrogen-bond acceptors (Lipinski definition) is 3. The van der Waals surface area contributed by atoms with E-state index >= 15 is 0 Å². The molecule has 0 atom stereocenters. The second kappa shape index (κ2) is 109. The molecule has 0 aliphatic heterocycles. The Morgan fingerprint density at radius 1 is 1.05 bits per heavy atom. The highest BCUT2D eigenvalue weighted by Gasteiger charge is 1.59. The number of halogens is 4. The zero-order valence-corrected chi connectivity index (χ0v) is 11.9. The summed E-state index contributed by atoms with van der Waals surface area (Å²) >= 11 is 0. The van der Waals surface area contributed by atoms with Crippen molar-refractivity contribution in [3.05, 3.63) is 12.8 Å². The van der Waals surface area contributed by atoms with Crippen LogP contribution in [0.3, 0.4) is 0 Å². The van der Waals surface area contributed by atoms with Crippen LogP contribution in [0, 0.1) is 11.8 Å². The summed E-state index contributed by atoms with van der Waals surface area (Å²) in [5, 5.41) is 6.90. The summed E-state index contributed by atoms with van der Waals surface area (Å²) in [6.45, 7) is 7.12. The van der Waals surface area contributed by atoms with Gasteiger partial charge in [0.05, 0.1) is 19.6 Å². The van der Waals surface area contributed by atoms with Crippen LogP contribution in [0.5, 0.6) is 0 Å². The predicted molar refractivity (Wildman–Crippen MR) is 76.5 cm³/mol. The molecule has 0 saturated carbocycles. The average Bonchev–Trinajstić information content (AvgIpc) is 2.33. The molecule has 0 unspecified atom stereocenters. The third-order valence-corrected chi connectivity index (χ3v) is 0.431. The summed E-state index contributed by atoms with van der Waals surface area (Å²) < 4.78 is 45.1. The molecule has 0 aromatic heterocycles. The van der Waals surface area contributed by atoms with Gasteiger partial charge >= 0.3 is 0 Å². The summed E-state index contributed by atoms with van der Waals surface area (Å²) in [7, 11) is 0. The highest BCUT2D eigenvalue weighted by molar-refractivity contribution is 4.89. The third-order valence-electron chi connectivity index (χ3n) is 0.431. The molecule has 0 spiro atoms. The number of aliphatic hydroxyl groups excluding tert-OH is 1. The van der Waals surface area contributed by atoms with Crippen LogP contribution in [-0.4, -0.2) is 37.7 Å². The molecule has 2 N–H and O–H groups in total. The first-order valence-corrected chi connectivity index (χ1v) is 4.98. The summed E-state index contributed by atoms with van der Waals surface area (Å²) in [5.74, 6) is 5.36. The molecule has 7 heteroatoms. The maximum absolute atomic E-state index is 10.7. The van der Waals surface area contributed by atoms with Crippen molar-refractivity contribution in [2.45, 2.75) is 35.1 Å². The highest BCUT2D eigenvalue weighted by atomic mass is 19.1. The molecule has 0 amide bonds. The van der Waals surface area contributed by atoms with Gasteiger partial charge in [0.15, 0.2) is 6.86 Å². The molecule has 0 saturated heterocycles. The maximum Gasteiger partial charge on any atom is 0.227 e. The number of rotatable bonds is 2. The molecule has 3 nitrogen and oxygen atoms in total. The van der Waals surface area contributed by atoms with Crippen molar-refractivity contribution < 1.29 is 32.9 Å². The first-order chi connectivity index (χ1) is 8.57. The minimum atomic E-state index is -1.25. The standard InChI is InChI=1S/C4H6.C3H5FO.2C2H5F.CH3FO.CH4.H2O/c1-3-4-2;1-2-5-3-4;2*1-2-3;2-1-3;;/h1-2H3;2H,1,3H2;2*2H2,1H3;3H,1H2;1H4;1H2/p-1. The van der Waals surface area contributed by atoms with Gasteiger partial charge in [0.25, 0.3) is 0 Å². The molecule has 0 aromatic carbocycles. The second-order valence-electron chi connectivity index (χ2n) is 1.60. The maximum atomic E-state index is 10.7. The van der Waals surface area contributed by atoms with Gasteiger partial charge in [-0.25, -0.2) is 8.78 Å². The SMILES string of the molecule is C.C=COCF.CC#CC.CCF.CCF.OCF.[OH-]. The Labute approximate surface area is 121 Å². The normalized spacial score (nSPS) is 5.05. The predicted octanol–water partition coefficient (Wildman–Crippen LogP) is 4.42. The van der Waals surface area contributed by atoms with Crippen LogP contribution >= 0.6 is 0 Å². The molecule has 0 aromatic rings. The van der Waals surface area contributed by atoms with E-state index in [4.69, 9.17) is 5.11 Å².